The van der Waals surface area contributed by atoms with E-state index in [0.717, 1.165) is 24.4 Å². The summed E-state index contributed by atoms with van der Waals surface area (Å²) in [7, 11) is 0. The van der Waals surface area contributed by atoms with Crippen LogP contribution in [0.5, 0.6) is 0 Å². The second kappa shape index (κ2) is 4.62. The molecular weight excluding hydrogens is 254 g/mol. The Hall–Kier alpha value is -1.29. The number of nitrogens with two attached hydrogens (primary N) is 1. The van der Waals surface area contributed by atoms with Gasteiger partial charge in [0.1, 0.15) is 17.1 Å². The van der Waals surface area contributed by atoms with Gasteiger partial charge in [0.25, 0.3) is 0 Å². The topological polar surface area (TPSA) is 65.5 Å². The van der Waals surface area contributed by atoms with E-state index in [0.29, 0.717) is 6.42 Å². The van der Waals surface area contributed by atoms with Gasteiger partial charge in [-0.15, -0.1) is 0 Å². The number of carbonyl (C=O) groups excluding carboxylic acids is 1. The van der Waals surface area contributed by atoms with Crippen molar-refractivity contribution in [3.63, 3.8) is 0 Å². The molecule has 20 heavy (non-hydrogen) atoms. The second-order valence-electron chi connectivity index (χ2n) is 7.43. The lowest BCUT2D eigenvalue weighted by Crippen LogP contribution is -2.28. The number of ether oxygens (including phenoxy) is 1. The summed E-state index contributed by atoms with van der Waals surface area (Å²) in [5.74, 6) is 1.44. The predicted octanol–water partition coefficient (Wildman–Crippen LogP) is 3.24. The molecule has 0 aliphatic heterocycles. The maximum atomic E-state index is 12.0. The molecule has 0 unspecified atom stereocenters. The van der Waals surface area contributed by atoms with Crippen molar-refractivity contribution in [2.75, 3.05) is 0 Å². The Labute approximate surface area is 120 Å². The fourth-order valence-electron chi connectivity index (χ4n) is 2.28. The van der Waals surface area contributed by atoms with E-state index in [2.05, 4.69) is 0 Å². The summed E-state index contributed by atoms with van der Waals surface area (Å²) in [6.07, 6.45) is 2.30. The Kier molecular flexibility index (Phi) is 3.49. The fraction of sp³-hybridized carbons (Fsp3) is 0.688. The highest BCUT2D eigenvalue weighted by molar-refractivity contribution is 5.72. The van der Waals surface area contributed by atoms with Crippen molar-refractivity contribution in [2.24, 2.45) is 5.73 Å². The van der Waals surface area contributed by atoms with Gasteiger partial charge in [0.2, 0.25) is 0 Å². The molecule has 0 radical (unpaired) electrons. The van der Waals surface area contributed by atoms with Crippen LogP contribution < -0.4 is 5.73 Å². The molecule has 0 atom stereocenters. The van der Waals surface area contributed by atoms with Gasteiger partial charge in [-0.25, -0.2) is 0 Å². The zero-order valence-corrected chi connectivity index (χ0v) is 13.1. The van der Waals surface area contributed by atoms with Crippen LogP contribution in [0.25, 0.3) is 0 Å². The molecule has 2 rings (SSSR count). The van der Waals surface area contributed by atoms with Crippen LogP contribution in [0.1, 0.15) is 65.4 Å². The normalized spacial score (nSPS) is 17.9. The molecule has 1 aromatic heterocycles. The average molecular weight is 279 g/mol. The third-order valence-electron chi connectivity index (χ3n) is 3.52. The minimum Gasteiger partial charge on any atom is -0.464 e. The van der Waals surface area contributed by atoms with Crippen LogP contribution in [0.15, 0.2) is 16.5 Å². The number of esters is 1. The Bertz CT molecular complexity index is 499. The van der Waals surface area contributed by atoms with E-state index in [1.165, 1.54) is 0 Å². The minimum atomic E-state index is -0.500. The van der Waals surface area contributed by atoms with E-state index in [4.69, 9.17) is 14.9 Å². The molecule has 1 saturated carbocycles. The first-order valence-electron chi connectivity index (χ1n) is 7.13. The van der Waals surface area contributed by atoms with Crippen LogP contribution in [0.3, 0.4) is 0 Å². The van der Waals surface area contributed by atoms with Crippen molar-refractivity contribution in [3.8, 4) is 0 Å². The van der Waals surface area contributed by atoms with E-state index < -0.39 is 11.1 Å². The van der Waals surface area contributed by atoms with Gasteiger partial charge >= 0.3 is 5.97 Å². The Balaban J connectivity index is 2.08. The number of hydrogen-bond acceptors (Lipinski definition) is 4. The molecule has 1 aromatic rings. The van der Waals surface area contributed by atoms with Crippen LogP contribution in [-0.2, 0) is 20.5 Å². The summed E-state index contributed by atoms with van der Waals surface area (Å²) >= 11 is 0. The molecule has 1 fully saturated rings. The maximum Gasteiger partial charge on any atom is 0.307 e. The smallest absolute Gasteiger partial charge is 0.307 e. The number of furan rings is 1. The summed E-state index contributed by atoms with van der Waals surface area (Å²) in [5.41, 5.74) is 4.91. The van der Waals surface area contributed by atoms with Gasteiger partial charge in [-0.05, 0) is 59.6 Å². The monoisotopic (exact) mass is 279 g/mol. The summed E-state index contributed by atoms with van der Waals surface area (Å²) in [6, 6.07) is 3.85. The van der Waals surface area contributed by atoms with Crippen molar-refractivity contribution in [1.82, 2.24) is 0 Å². The highest BCUT2D eigenvalue weighted by atomic mass is 16.6. The molecular formula is C16H25NO3. The Morgan fingerprint density at radius 3 is 2.30 bits per heavy atom. The molecule has 0 spiro atoms. The Morgan fingerprint density at radius 1 is 1.30 bits per heavy atom. The van der Waals surface area contributed by atoms with Crippen LogP contribution >= 0.6 is 0 Å². The number of hydrogen-bond donors (Lipinski definition) is 1. The molecule has 0 saturated heterocycles. The summed E-state index contributed by atoms with van der Waals surface area (Å²) < 4.78 is 11.3. The van der Waals surface area contributed by atoms with E-state index in [9.17, 15) is 4.79 Å². The zero-order chi connectivity index (χ0) is 15.2. The fourth-order valence-corrected chi connectivity index (χ4v) is 2.28. The minimum absolute atomic E-state index is 0.167. The SMILES string of the molecule is CC(C)(C)OC(=O)CC1(c2ccc(C(C)(C)N)o2)CC1. The third kappa shape index (κ3) is 3.42. The first-order valence-corrected chi connectivity index (χ1v) is 7.13. The van der Waals surface area contributed by atoms with Crippen LogP contribution in [-0.4, -0.2) is 11.6 Å². The van der Waals surface area contributed by atoms with E-state index in [1.54, 1.807) is 0 Å². The van der Waals surface area contributed by atoms with E-state index in [-0.39, 0.29) is 11.4 Å². The lowest BCUT2D eigenvalue weighted by molar-refractivity contribution is -0.155. The van der Waals surface area contributed by atoms with Crippen molar-refractivity contribution in [1.29, 1.82) is 0 Å². The lowest BCUT2D eigenvalue weighted by Gasteiger charge is -2.21. The summed E-state index contributed by atoms with van der Waals surface area (Å²) in [6.45, 7) is 9.46. The van der Waals surface area contributed by atoms with Crippen LogP contribution in [0, 0.1) is 0 Å². The second-order valence-corrected chi connectivity index (χ2v) is 7.43. The highest BCUT2D eigenvalue weighted by Gasteiger charge is 2.49. The van der Waals surface area contributed by atoms with Gasteiger partial charge in [-0.3, -0.25) is 4.79 Å². The molecule has 112 valence electrons. The molecule has 0 amide bonds. The van der Waals surface area contributed by atoms with Crippen molar-refractivity contribution in [3.05, 3.63) is 23.7 Å². The third-order valence-corrected chi connectivity index (χ3v) is 3.52. The molecule has 1 aliphatic rings. The largest absolute Gasteiger partial charge is 0.464 e. The molecule has 0 bridgehead atoms. The summed E-state index contributed by atoms with van der Waals surface area (Å²) in [5, 5.41) is 0. The average Bonchev–Trinajstić information content (AvgIpc) is 2.82. The zero-order valence-electron chi connectivity index (χ0n) is 13.1. The van der Waals surface area contributed by atoms with Gasteiger partial charge < -0.3 is 14.9 Å². The van der Waals surface area contributed by atoms with Gasteiger partial charge in [-0.2, -0.15) is 0 Å². The molecule has 1 aliphatic carbocycles. The standard InChI is InChI=1S/C16H25NO3/c1-14(2,3)20-13(18)10-16(8-9-16)12-7-6-11(19-12)15(4,5)17/h6-7H,8-10,17H2,1-5H3. The van der Waals surface area contributed by atoms with Crippen LogP contribution in [0.4, 0.5) is 0 Å². The first-order chi connectivity index (χ1) is 9.02. The summed E-state index contributed by atoms with van der Waals surface area (Å²) in [4.78, 5) is 12.0. The van der Waals surface area contributed by atoms with Gasteiger partial charge in [0, 0.05) is 5.41 Å². The number of carbonyl (C=O) groups is 1. The lowest BCUT2D eigenvalue weighted by atomic mass is 9.99. The maximum absolute atomic E-state index is 12.0. The predicted molar refractivity (Wildman–Crippen MR) is 77.3 cm³/mol. The van der Waals surface area contributed by atoms with Gasteiger partial charge in [-0.1, -0.05) is 0 Å². The molecule has 1 heterocycles. The molecule has 4 nitrogen and oxygen atoms in total. The van der Waals surface area contributed by atoms with Crippen molar-refractivity contribution in [2.45, 2.75) is 70.4 Å². The molecule has 2 N–H and O–H groups in total. The van der Waals surface area contributed by atoms with E-state index in [1.807, 2.05) is 46.8 Å². The molecule has 0 aromatic carbocycles. The van der Waals surface area contributed by atoms with E-state index >= 15 is 0 Å². The quantitative estimate of drug-likeness (QED) is 0.859. The van der Waals surface area contributed by atoms with Crippen molar-refractivity contribution >= 4 is 5.97 Å². The van der Waals surface area contributed by atoms with Gasteiger partial charge in [0.05, 0.1) is 12.0 Å². The highest BCUT2D eigenvalue weighted by Crippen LogP contribution is 2.52. The van der Waals surface area contributed by atoms with Crippen LogP contribution in [0.2, 0.25) is 0 Å². The number of rotatable bonds is 4. The van der Waals surface area contributed by atoms with Crippen molar-refractivity contribution < 1.29 is 13.9 Å². The van der Waals surface area contributed by atoms with Gasteiger partial charge in [0.15, 0.2) is 0 Å². The first kappa shape index (κ1) is 15.1. The molecule has 4 heteroatoms. The Morgan fingerprint density at radius 2 is 1.90 bits per heavy atom.